The lowest BCUT2D eigenvalue weighted by atomic mass is 10.3. The maximum atomic E-state index is 3.42. The summed E-state index contributed by atoms with van der Waals surface area (Å²) in [4.78, 5) is 3.42. The first-order valence-electron chi connectivity index (χ1n) is 5.10. The zero-order valence-corrected chi connectivity index (χ0v) is 9.23. The summed E-state index contributed by atoms with van der Waals surface area (Å²) >= 11 is 1.92. The summed E-state index contributed by atoms with van der Waals surface area (Å²) in [6, 6.07) is 10.7. The molecule has 74 valence electrons. The van der Waals surface area contributed by atoms with Gasteiger partial charge in [-0.15, -0.1) is 11.8 Å². The van der Waals surface area contributed by atoms with Gasteiger partial charge in [0.2, 0.25) is 0 Å². The van der Waals surface area contributed by atoms with Crippen LogP contribution in [0, 0.1) is 0 Å². The van der Waals surface area contributed by atoms with Crippen molar-refractivity contribution in [2.45, 2.75) is 24.8 Å². The second-order valence-corrected chi connectivity index (χ2v) is 4.56. The Bertz CT molecular complexity index is 372. The van der Waals surface area contributed by atoms with Crippen molar-refractivity contribution in [2.75, 3.05) is 5.75 Å². The Morgan fingerprint density at radius 1 is 1.29 bits per heavy atom. The molecule has 0 amide bonds. The van der Waals surface area contributed by atoms with Crippen molar-refractivity contribution in [1.29, 1.82) is 0 Å². The van der Waals surface area contributed by atoms with Crippen LogP contribution in [0.2, 0.25) is 0 Å². The highest BCUT2D eigenvalue weighted by Crippen LogP contribution is 2.23. The number of para-hydroxylation sites is 1. The molecule has 2 heteroatoms. The Morgan fingerprint density at radius 2 is 2.14 bits per heavy atom. The lowest BCUT2D eigenvalue weighted by molar-refractivity contribution is 0.895. The molecule has 2 aromatic rings. The summed E-state index contributed by atoms with van der Waals surface area (Å²) < 4.78 is 0. The summed E-state index contributed by atoms with van der Waals surface area (Å²) in [5.41, 5.74) is 1.24. The van der Waals surface area contributed by atoms with Crippen LogP contribution in [0.25, 0.3) is 10.9 Å². The first-order chi connectivity index (χ1) is 6.90. The summed E-state index contributed by atoms with van der Waals surface area (Å²) in [7, 11) is 0. The topological polar surface area (TPSA) is 15.8 Å². The van der Waals surface area contributed by atoms with Gasteiger partial charge in [-0.25, -0.2) is 0 Å². The third-order valence-electron chi connectivity index (χ3n) is 2.26. The molecule has 0 atom stereocenters. The molecule has 1 aromatic heterocycles. The molecule has 2 rings (SSSR count). The van der Waals surface area contributed by atoms with Crippen molar-refractivity contribution in [1.82, 2.24) is 4.98 Å². The van der Waals surface area contributed by atoms with Gasteiger partial charge in [-0.1, -0.05) is 31.5 Å². The predicted molar refractivity (Wildman–Crippen MR) is 63.9 cm³/mol. The number of aromatic nitrogens is 1. The normalized spacial score (nSPS) is 10.9. The molecule has 0 bridgehead atoms. The highest BCUT2D eigenvalue weighted by atomic mass is 32.2. The molecule has 0 aliphatic heterocycles. The number of hydrogen-bond donors (Lipinski definition) is 1. The van der Waals surface area contributed by atoms with Crippen LogP contribution in [-0.4, -0.2) is 10.7 Å². The molecule has 0 saturated carbocycles. The van der Waals surface area contributed by atoms with Crippen molar-refractivity contribution in [3.05, 3.63) is 30.3 Å². The van der Waals surface area contributed by atoms with E-state index in [4.69, 9.17) is 0 Å². The molecule has 0 unspecified atom stereocenters. The van der Waals surface area contributed by atoms with E-state index in [0.29, 0.717) is 0 Å². The van der Waals surface area contributed by atoms with Crippen molar-refractivity contribution < 1.29 is 0 Å². The van der Waals surface area contributed by atoms with Gasteiger partial charge >= 0.3 is 0 Å². The number of unbranched alkanes of at least 4 members (excludes halogenated alkanes) is 1. The Hall–Kier alpha value is -0.890. The number of benzene rings is 1. The second kappa shape index (κ2) is 4.56. The zero-order valence-electron chi connectivity index (χ0n) is 8.42. The fourth-order valence-electron chi connectivity index (χ4n) is 1.45. The van der Waals surface area contributed by atoms with Gasteiger partial charge in [0.05, 0.1) is 5.03 Å². The third kappa shape index (κ3) is 2.13. The van der Waals surface area contributed by atoms with Crippen LogP contribution in [0.3, 0.4) is 0 Å². The van der Waals surface area contributed by atoms with Gasteiger partial charge < -0.3 is 4.98 Å². The van der Waals surface area contributed by atoms with E-state index >= 15 is 0 Å². The molecule has 0 aliphatic carbocycles. The summed E-state index contributed by atoms with van der Waals surface area (Å²) in [6.07, 6.45) is 2.56. The predicted octanol–water partition coefficient (Wildman–Crippen LogP) is 4.06. The first-order valence-corrected chi connectivity index (χ1v) is 6.09. The van der Waals surface area contributed by atoms with Gasteiger partial charge in [0.25, 0.3) is 0 Å². The molecular weight excluding hydrogens is 190 g/mol. The van der Waals surface area contributed by atoms with E-state index in [-0.39, 0.29) is 0 Å². The summed E-state index contributed by atoms with van der Waals surface area (Å²) in [6.45, 7) is 2.23. The molecule has 0 radical (unpaired) electrons. The van der Waals surface area contributed by atoms with E-state index in [9.17, 15) is 0 Å². The van der Waals surface area contributed by atoms with Crippen LogP contribution >= 0.6 is 11.8 Å². The molecule has 0 saturated heterocycles. The highest BCUT2D eigenvalue weighted by Gasteiger charge is 1.99. The van der Waals surface area contributed by atoms with E-state index in [1.807, 2.05) is 11.8 Å². The molecule has 0 spiro atoms. The molecule has 0 aliphatic rings. The van der Waals surface area contributed by atoms with Crippen LogP contribution < -0.4 is 0 Å². The van der Waals surface area contributed by atoms with Crippen molar-refractivity contribution in [3.63, 3.8) is 0 Å². The maximum absolute atomic E-state index is 3.42. The first kappa shape index (κ1) is 9.66. The molecule has 0 fully saturated rings. The smallest absolute Gasteiger partial charge is 0.0732 e. The largest absolute Gasteiger partial charge is 0.350 e. The Labute approximate surface area is 88.9 Å². The Balaban J connectivity index is 2.11. The maximum Gasteiger partial charge on any atom is 0.0732 e. The fourth-order valence-corrected chi connectivity index (χ4v) is 2.50. The molecule has 1 aromatic carbocycles. The second-order valence-electron chi connectivity index (χ2n) is 3.42. The molecule has 1 heterocycles. The number of nitrogens with one attached hydrogen (secondary N) is 1. The van der Waals surface area contributed by atoms with Gasteiger partial charge in [0.1, 0.15) is 0 Å². The van der Waals surface area contributed by atoms with Crippen molar-refractivity contribution >= 4 is 22.7 Å². The lowest BCUT2D eigenvalue weighted by Gasteiger charge is -1.94. The molecular formula is C12H15NS. The Kier molecular flexibility index (Phi) is 3.14. The van der Waals surface area contributed by atoms with Crippen LogP contribution in [0.5, 0.6) is 0 Å². The average Bonchev–Trinajstić information content (AvgIpc) is 2.60. The lowest BCUT2D eigenvalue weighted by Crippen LogP contribution is -1.77. The van der Waals surface area contributed by atoms with Crippen LogP contribution in [0.1, 0.15) is 19.8 Å². The number of fused-ring (bicyclic) bond motifs is 1. The average molecular weight is 205 g/mol. The minimum absolute atomic E-state index is 1.21. The minimum Gasteiger partial charge on any atom is -0.350 e. The van der Waals surface area contributed by atoms with Crippen LogP contribution in [0.15, 0.2) is 35.4 Å². The van der Waals surface area contributed by atoms with E-state index in [1.165, 1.54) is 34.5 Å². The van der Waals surface area contributed by atoms with Gasteiger partial charge in [-0.2, -0.15) is 0 Å². The molecule has 1 N–H and O–H groups in total. The minimum atomic E-state index is 1.21. The monoisotopic (exact) mass is 205 g/mol. The van der Waals surface area contributed by atoms with E-state index in [2.05, 4.69) is 42.2 Å². The fraction of sp³-hybridized carbons (Fsp3) is 0.333. The Morgan fingerprint density at radius 3 is 2.93 bits per heavy atom. The van der Waals surface area contributed by atoms with Gasteiger partial charge in [-0.05, 0) is 24.3 Å². The number of aromatic amines is 1. The van der Waals surface area contributed by atoms with Crippen molar-refractivity contribution in [2.24, 2.45) is 0 Å². The summed E-state index contributed by atoms with van der Waals surface area (Å²) in [5.74, 6) is 1.21. The van der Waals surface area contributed by atoms with E-state index < -0.39 is 0 Å². The van der Waals surface area contributed by atoms with Gasteiger partial charge in [0.15, 0.2) is 0 Å². The number of H-pyrrole nitrogens is 1. The number of thioether (sulfide) groups is 1. The summed E-state index contributed by atoms with van der Waals surface area (Å²) in [5, 5.41) is 2.60. The van der Waals surface area contributed by atoms with Gasteiger partial charge in [-0.3, -0.25) is 0 Å². The zero-order chi connectivity index (χ0) is 9.80. The standard InChI is InChI=1S/C12H15NS/c1-2-3-8-14-12-9-10-6-4-5-7-11(10)13-12/h4-7,9,13H,2-3,8H2,1H3. The molecule has 1 nitrogen and oxygen atoms in total. The van der Waals surface area contributed by atoms with Crippen LogP contribution in [0.4, 0.5) is 0 Å². The quantitative estimate of drug-likeness (QED) is 0.588. The van der Waals surface area contributed by atoms with E-state index in [0.717, 1.165) is 0 Å². The number of hydrogen-bond acceptors (Lipinski definition) is 1. The van der Waals surface area contributed by atoms with Crippen molar-refractivity contribution in [3.8, 4) is 0 Å². The SMILES string of the molecule is CCCCSc1cc2ccccc2[nH]1. The van der Waals surface area contributed by atoms with Gasteiger partial charge in [0, 0.05) is 10.9 Å². The third-order valence-corrected chi connectivity index (χ3v) is 3.28. The van der Waals surface area contributed by atoms with Crippen LogP contribution in [-0.2, 0) is 0 Å². The number of rotatable bonds is 4. The highest BCUT2D eigenvalue weighted by molar-refractivity contribution is 7.99. The van der Waals surface area contributed by atoms with E-state index in [1.54, 1.807) is 0 Å². The molecule has 14 heavy (non-hydrogen) atoms.